The van der Waals surface area contributed by atoms with Crippen molar-refractivity contribution >= 4 is 11.9 Å². The third-order valence-electron chi connectivity index (χ3n) is 2.31. The monoisotopic (exact) mass is 206 g/mol. The lowest BCUT2D eigenvalue weighted by Crippen LogP contribution is -2.35. The third kappa shape index (κ3) is 1.09. The molecule has 76 valence electrons. The zero-order valence-electron chi connectivity index (χ0n) is 7.56. The Morgan fingerprint density at radius 2 is 1.67 bits per heavy atom. The fraction of sp³-hybridized carbons (Fsp3) is 0.200. The number of para-hydroxylation sites is 1. The van der Waals surface area contributed by atoms with Crippen molar-refractivity contribution in [2.45, 2.75) is 12.4 Å². The number of hydrogen-bond donors (Lipinski definition) is 0. The number of rotatable bonds is 0. The van der Waals surface area contributed by atoms with Gasteiger partial charge < -0.3 is 14.2 Å². The van der Waals surface area contributed by atoms with Gasteiger partial charge in [-0.05, 0) is 6.07 Å². The van der Waals surface area contributed by atoms with E-state index in [9.17, 15) is 9.59 Å². The lowest BCUT2D eigenvalue weighted by atomic mass is 10.1. The molecule has 0 radical (unpaired) electrons. The van der Waals surface area contributed by atoms with E-state index in [2.05, 4.69) is 0 Å². The molecule has 3 rings (SSSR count). The maximum Gasteiger partial charge on any atom is 0.426 e. The average molecular weight is 206 g/mol. The van der Waals surface area contributed by atoms with Crippen LogP contribution in [0.3, 0.4) is 0 Å². The highest BCUT2D eigenvalue weighted by molar-refractivity contribution is 6.31. The van der Waals surface area contributed by atoms with Crippen LogP contribution >= 0.6 is 0 Å². The minimum Gasteiger partial charge on any atom is -0.420 e. The van der Waals surface area contributed by atoms with Crippen LogP contribution in [-0.2, 0) is 25.5 Å². The van der Waals surface area contributed by atoms with Gasteiger partial charge in [0, 0.05) is 5.56 Å². The van der Waals surface area contributed by atoms with Gasteiger partial charge in [-0.3, -0.25) is 0 Å². The molecule has 1 aromatic rings. The SMILES string of the molecule is O=C1OC2(Cc3ccccc3O2)OC1=O. The summed E-state index contributed by atoms with van der Waals surface area (Å²) in [6, 6.07) is 7.17. The molecule has 0 unspecified atom stereocenters. The van der Waals surface area contributed by atoms with Gasteiger partial charge in [0.25, 0.3) is 0 Å². The van der Waals surface area contributed by atoms with Crippen molar-refractivity contribution in [3.63, 3.8) is 0 Å². The highest BCUT2D eigenvalue weighted by Crippen LogP contribution is 2.38. The lowest BCUT2D eigenvalue weighted by molar-refractivity contribution is -0.263. The molecule has 5 nitrogen and oxygen atoms in total. The molecule has 1 fully saturated rings. The largest absolute Gasteiger partial charge is 0.426 e. The minimum absolute atomic E-state index is 0.237. The summed E-state index contributed by atoms with van der Waals surface area (Å²) in [6.07, 6.45) is 0.237. The van der Waals surface area contributed by atoms with Crippen LogP contribution in [0.5, 0.6) is 5.75 Å². The van der Waals surface area contributed by atoms with Crippen LogP contribution < -0.4 is 4.74 Å². The molecule has 0 aromatic heterocycles. The summed E-state index contributed by atoms with van der Waals surface area (Å²) in [5, 5.41) is 0. The maximum atomic E-state index is 10.9. The Morgan fingerprint density at radius 1 is 1.00 bits per heavy atom. The van der Waals surface area contributed by atoms with Gasteiger partial charge in [0.15, 0.2) is 0 Å². The van der Waals surface area contributed by atoms with E-state index in [1.54, 1.807) is 12.1 Å². The quantitative estimate of drug-likeness (QED) is 0.453. The fourth-order valence-electron chi connectivity index (χ4n) is 1.69. The molecule has 15 heavy (non-hydrogen) atoms. The van der Waals surface area contributed by atoms with E-state index in [0.717, 1.165) is 5.56 Å². The van der Waals surface area contributed by atoms with Gasteiger partial charge in [0.05, 0.1) is 6.42 Å². The second kappa shape index (κ2) is 2.50. The van der Waals surface area contributed by atoms with Crippen molar-refractivity contribution in [2.24, 2.45) is 0 Å². The number of ether oxygens (including phenoxy) is 3. The molecular weight excluding hydrogens is 200 g/mol. The molecule has 1 saturated heterocycles. The number of carbonyl (C=O) groups excluding carboxylic acids is 2. The molecule has 0 atom stereocenters. The second-order valence-electron chi connectivity index (χ2n) is 3.35. The highest BCUT2D eigenvalue weighted by atomic mass is 16.9. The van der Waals surface area contributed by atoms with Gasteiger partial charge in [0.1, 0.15) is 5.75 Å². The Bertz CT molecular complexity index is 422. The van der Waals surface area contributed by atoms with Crippen LogP contribution in [0.4, 0.5) is 0 Å². The van der Waals surface area contributed by atoms with Crippen molar-refractivity contribution in [1.82, 2.24) is 0 Å². The Morgan fingerprint density at radius 3 is 2.33 bits per heavy atom. The van der Waals surface area contributed by atoms with Crippen LogP contribution in [0.15, 0.2) is 24.3 Å². The average Bonchev–Trinajstić information content (AvgIpc) is 2.66. The van der Waals surface area contributed by atoms with E-state index in [0.29, 0.717) is 5.75 Å². The predicted molar refractivity (Wildman–Crippen MR) is 45.7 cm³/mol. The van der Waals surface area contributed by atoms with Gasteiger partial charge in [0.2, 0.25) is 0 Å². The van der Waals surface area contributed by atoms with Crippen molar-refractivity contribution in [2.75, 3.05) is 0 Å². The molecule has 1 aromatic carbocycles. The molecule has 2 aliphatic heterocycles. The van der Waals surface area contributed by atoms with E-state index < -0.39 is 17.9 Å². The number of esters is 2. The smallest absolute Gasteiger partial charge is 0.420 e. The van der Waals surface area contributed by atoms with Gasteiger partial charge >= 0.3 is 17.9 Å². The summed E-state index contributed by atoms with van der Waals surface area (Å²) in [5.74, 6) is -3.01. The molecular formula is C10H6O5. The van der Waals surface area contributed by atoms with Crippen molar-refractivity contribution in [1.29, 1.82) is 0 Å². The van der Waals surface area contributed by atoms with E-state index in [1.807, 2.05) is 12.1 Å². The van der Waals surface area contributed by atoms with Crippen LogP contribution in [0.1, 0.15) is 5.56 Å². The summed E-state index contributed by atoms with van der Waals surface area (Å²) < 4.78 is 14.9. The Labute approximate surface area is 84.5 Å². The predicted octanol–water partition coefficient (Wildman–Crippen LogP) is 0.375. The van der Waals surface area contributed by atoms with Crippen LogP contribution in [0.2, 0.25) is 0 Å². The second-order valence-corrected chi connectivity index (χ2v) is 3.35. The molecule has 0 saturated carbocycles. The third-order valence-corrected chi connectivity index (χ3v) is 2.31. The minimum atomic E-state index is -1.56. The first-order chi connectivity index (χ1) is 7.19. The summed E-state index contributed by atoms with van der Waals surface area (Å²) in [4.78, 5) is 21.8. The normalized spacial score (nSPS) is 20.8. The van der Waals surface area contributed by atoms with Gasteiger partial charge in [-0.25, -0.2) is 9.59 Å². The summed E-state index contributed by atoms with van der Waals surface area (Å²) >= 11 is 0. The van der Waals surface area contributed by atoms with Crippen molar-refractivity contribution in [3.8, 4) is 5.75 Å². The number of fused-ring (bicyclic) bond motifs is 1. The van der Waals surface area contributed by atoms with Gasteiger partial charge in [-0.1, -0.05) is 18.2 Å². The summed E-state index contributed by atoms with van der Waals surface area (Å²) in [6.45, 7) is 0. The topological polar surface area (TPSA) is 61.8 Å². The molecule has 2 heterocycles. The molecule has 0 bridgehead atoms. The molecule has 0 aliphatic carbocycles. The summed E-state index contributed by atoms with van der Waals surface area (Å²) in [7, 11) is 0. The van der Waals surface area contributed by atoms with Crippen molar-refractivity contribution in [3.05, 3.63) is 29.8 Å². The lowest BCUT2D eigenvalue weighted by Gasteiger charge is -2.17. The molecule has 2 aliphatic rings. The number of benzene rings is 1. The highest BCUT2D eigenvalue weighted by Gasteiger charge is 2.55. The standard InChI is InChI=1S/C10H6O5/c11-8-9(12)15-10(14-8)5-6-3-1-2-4-7(6)13-10/h1-4H,5H2. The van der Waals surface area contributed by atoms with Gasteiger partial charge in [-0.15, -0.1) is 0 Å². The molecule has 0 N–H and O–H groups in total. The first kappa shape index (κ1) is 8.28. The Kier molecular flexibility index (Phi) is 1.38. The number of hydrogen-bond acceptors (Lipinski definition) is 5. The van der Waals surface area contributed by atoms with Crippen LogP contribution in [0.25, 0.3) is 0 Å². The van der Waals surface area contributed by atoms with E-state index in [-0.39, 0.29) is 6.42 Å². The maximum absolute atomic E-state index is 10.9. The molecule has 0 amide bonds. The molecule has 5 heteroatoms. The first-order valence-electron chi connectivity index (χ1n) is 4.42. The zero-order valence-corrected chi connectivity index (χ0v) is 7.56. The van der Waals surface area contributed by atoms with E-state index >= 15 is 0 Å². The Hall–Kier alpha value is -2.04. The van der Waals surface area contributed by atoms with Gasteiger partial charge in [-0.2, -0.15) is 0 Å². The molecule has 1 spiro atoms. The first-order valence-corrected chi connectivity index (χ1v) is 4.42. The zero-order chi connectivity index (χ0) is 10.5. The Balaban J connectivity index is 1.96. The number of carbonyl (C=O) groups is 2. The van der Waals surface area contributed by atoms with Crippen LogP contribution in [-0.4, -0.2) is 17.9 Å². The van der Waals surface area contributed by atoms with Crippen LogP contribution in [0, 0.1) is 0 Å². The van der Waals surface area contributed by atoms with Crippen molar-refractivity contribution < 1.29 is 23.8 Å². The fourth-order valence-corrected chi connectivity index (χ4v) is 1.69. The summed E-state index contributed by atoms with van der Waals surface area (Å²) in [5.41, 5.74) is 0.847. The van der Waals surface area contributed by atoms with E-state index in [4.69, 9.17) is 14.2 Å². The van der Waals surface area contributed by atoms with E-state index in [1.165, 1.54) is 0 Å².